The Kier molecular flexibility index (Phi) is 3.29. The van der Waals surface area contributed by atoms with Crippen LogP contribution in [0.25, 0.3) is 0 Å². The van der Waals surface area contributed by atoms with Crippen LogP contribution < -0.4 is 0 Å². The molecule has 2 aliphatic heterocycles. The summed E-state index contributed by atoms with van der Waals surface area (Å²) in [6.45, 7) is 3.39. The van der Waals surface area contributed by atoms with Crippen molar-refractivity contribution >= 4 is 11.6 Å². The van der Waals surface area contributed by atoms with Crippen LogP contribution in [0.2, 0.25) is 0 Å². The van der Waals surface area contributed by atoms with Crippen LogP contribution in [0.15, 0.2) is 12.2 Å². The summed E-state index contributed by atoms with van der Waals surface area (Å²) in [5.74, 6) is -1.65. The van der Waals surface area contributed by atoms with Crippen LogP contribution in [0.3, 0.4) is 0 Å². The van der Waals surface area contributed by atoms with Gasteiger partial charge < -0.3 is 19.3 Å². The zero-order chi connectivity index (χ0) is 14.5. The van der Waals surface area contributed by atoms with Crippen molar-refractivity contribution in [1.29, 1.82) is 0 Å². The summed E-state index contributed by atoms with van der Waals surface area (Å²) in [6, 6.07) is 0. The fourth-order valence-electron chi connectivity index (χ4n) is 3.11. The third-order valence-electron chi connectivity index (χ3n) is 3.93. The van der Waals surface area contributed by atoms with Crippen molar-refractivity contribution in [2.75, 3.05) is 6.61 Å². The third-order valence-corrected chi connectivity index (χ3v) is 3.93. The molecular formula is C14H18O6. The number of carbonyl (C=O) groups excluding carboxylic acids is 2. The minimum Gasteiger partial charge on any atom is -0.394 e. The molecule has 0 radical (unpaired) electrons. The van der Waals surface area contributed by atoms with Crippen molar-refractivity contribution in [2.24, 2.45) is 5.92 Å². The first-order valence-electron chi connectivity index (χ1n) is 6.77. The maximum absolute atomic E-state index is 12.0. The Morgan fingerprint density at radius 3 is 2.60 bits per heavy atom. The highest BCUT2D eigenvalue weighted by Crippen LogP contribution is 2.41. The fourth-order valence-corrected chi connectivity index (χ4v) is 3.11. The van der Waals surface area contributed by atoms with E-state index in [-0.39, 0.29) is 30.7 Å². The number of aliphatic hydroxyl groups excluding tert-OH is 1. The molecule has 0 saturated carbocycles. The molecule has 0 aromatic heterocycles. The van der Waals surface area contributed by atoms with E-state index in [4.69, 9.17) is 14.2 Å². The maximum atomic E-state index is 12.0. The number of carbonyl (C=O) groups is 2. The van der Waals surface area contributed by atoms with Gasteiger partial charge in [-0.25, -0.2) is 0 Å². The number of ketones is 2. The number of hydrogen-bond donors (Lipinski definition) is 1. The molecule has 6 nitrogen and oxygen atoms in total. The molecule has 2 saturated heterocycles. The Balaban J connectivity index is 1.85. The highest BCUT2D eigenvalue weighted by molar-refractivity contribution is 6.08. The molecule has 0 spiro atoms. The lowest BCUT2D eigenvalue weighted by Crippen LogP contribution is -2.39. The number of allylic oxidation sites excluding steroid dienone is 1. The van der Waals surface area contributed by atoms with Crippen LogP contribution in [0.1, 0.15) is 20.3 Å². The van der Waals surface area contributed by atoms with Gasteiger partial charge in [0.15, 0.2) is 11.6 Å². The molecule has 0 aromatic rings. The molecule has 3 aliphatic rings. The second-order valence-electron chi connectivity index (χ2n) is 5.88. The van der Waals surface area contributed by atoms with Gasteiger partial charge in [-0.1, -0.05) is 6.08 Å². The number of Topliss-reactive ketones (excluding diaryl/α,β-unsaturated/α-hetero) is 1. The molecule has 0 bridgehead atoms. The molecule has 3 rings (SSSR count). The van der Waals surface area contributed by atoms with Crippen LogP contribution in [0.4, 0.5) is 0 Å². The third kappa shape index (κ3) is 2.22. The molecule has 2 unspecified atom stereocenters. The van der Waals surface area contributed by atoms with Gasteiger partial charge in [-0.3, -0.25) is 9.59 Å². The smallest absolute Gasteiger partial charge is 0.164 e. The van der Waals surface area contributed by atoms with E-state index in [1.807, 2.05) is 0 Å². The van der Waals surface area contributed by atoms with Gasteiger partial charge in [-0.15, -0.1) is 0 Å². The Hall–Kier alpha value is -1.08. The molecule has 110 valence electrons. The van der Waals surface area contributed by atoms with Gasteiger partial charge >= 0.3 is 0 Å². The first-order chi connectivity index (χ1) is 9.41. The lowest BCUT2D eigenvalue weighted by molar-refractivity contribution is -0.194. The van der Waals surface area contributed by atoms with E-state index in [1.165, 1.54) is 6.08 Å². The summed E-state index contributed by atoms with van der Waals surface area (Å²) < 4.78 is 17.3. The van der Waals surface area contributed by atoms with Crippen LogP contribution in [0, 0.1) is 5.92 Å². The quantitative estimate of drug-likeness (QED) is 0.717. The van der Waals surface area contributed by atoms with Crippen molar-refractivity contribution in [3.63, 3.8) is 0 Å². The van der Waals surface area contributed by atoms with Gasteiger partial charge in [0.2, 0.25) is 0 Å². The number of ether oxygens (including phenoxy) is 3. The van der Waals surface area contributed by atoms with Gasteiger partial charge in [-0.2, -0.15) is 0 Å². The monoisotopic (exact) mass is 282 g/mol. The molecule has 0 amide bonds. The van der Waals surface area contributed by atoms with Crippen molar-refractivity contribution in [2.45, 2.75) is 50.5 Å². The highest BCUT2D eigenvalue weighted by Gasteiger charge is 2.57. The first-order valence-corrected chi connectivity index (χ1v) is 6.77. The molecule has 20 heavy (non-hydrogen) atoms. The summed E-state index contributed by atoms with van der Waals surface area (Å²) in [6.07, 6.45) is 1.06. The van der Waals surface area contributed by atoms with Gasteiger partial charge in [-0.05, 0) is 19.9 Å². The van der Waals surface area contributed by atoms with E-state index < -0.39 is 30.0 Å². The second-order valence-corrected chi connectivity index (χ2v) is 5.88. The van der Waals surface area contributed by atoms with E-state index in [0.29, 0.717) is 0 Å². The molecular weight excluding hydrogens is 264 g/mol. The average Bonchev–Trinajstić information content (AvgIpc) is 2.83. The molecule has 1 N–H and O–H groups in total. The zero-order valence-electron chi connectivity index (χ0n) is 11.4. The van der Waals surface area contributed by atoms with Gasteiger partial charge in [0.1, 0.15) is 30.2 Å². The number of fused-ring (bicyclic) bond motifs is 1. The Labute approximate surface area is 116 Å². The van der Waals surface area contributed by atoms with E-state index >= 15 is 0 Å². The van der Waals surface area contributed by atoms with E-state index in [9.17, 15) is 14.7 Å². The second kappa shape index (κ2) is 4.73. The fraction of sp³-hybridized carbons (Fsp3) is 0.714. The van der Waals surface area contributed by atoms with Crippen molar-refractivity contribution in [3.8, 4) is 0 Å². The van der Waals surface area contributed by atoms with Crippen molar-refractivity contribution < 1.29 is 28.9 Å². The number of aliphatic hydroxyl groups is 1. The molecule has 5 atom stereocenters. The number of rotatable bonds is 2. The van der Waals surface area contributed by atoms with E-state index in [0.717, 1.165) is 0 Å². The first kappa shape index (κ1) is 13.9. The van der Waals surface area contributed by atoms with Gasteiger partial charge in [0, 0.05) is 0 Å². The van der Waals surface area contributed by atoms with Crippen LogP contribution in [0.5, 0.6) is 0 Å². The van der Waals surface area contributed by atoms with Crippen LogP contribution >= 0.6 is 0 Å². The summed E-state index contributed by atoms with van der Waals surface area (Å²) in [5, 5.41) is 9.39. The Morgan fingerprint density at radius 1 is 1.25 bits per heavy atom. The predicted molar refractivity (Wildman–Crippen MR) is 66.8 cm³/mol. The predicted octanol–water partition coefficient (Wildman–Crippen LogP) is -0.0195. The van der Waals surface area contributed by atoms with Gasteiger partial charge in [0.25, 0.3) is 0 Å². The SMILES string of the molecule is CC1(C)OC2[C@@H](CO)O[C@@H](C3C=CC(=O)CC3=O)[C@H]2O1. The summed E-state index contributed by atoms with van der Waals surface area (Å²) >= 11 is 0. The summed E-state index contributed by atoms with van der Waals surface area (Å²) in [4.78, 5) is 23.3. The Bertz CT molecular complexity index is 468. The Morgan fingerprint density at radius 2 is 1.95 bits per heavy atom. The zero-order valence-corrected chi connectivity index (χ0v) is 11.4. The molecule has 0 aromatic carbocycles. The molecule has 1 aliphatic carbocycles. The largest absolute Gasteiger partial charge is 0.394 e. The van der Waals surface area contributed by atoms with E-state index in [2.05, 4.69) is 0 Å². The summed E-state index contributed by atoms with van der Waals surface area (Å²) in [7, 11) is 0. The van der Waals surface area contributed by atoms with Crippen molar-refractivity contribution in [3.05, 3.63) is 12.2 Å². The normalized spacial score (nSPS) is 43.0. The maximum Gasteiger partial charge on any atom is 0.164 e. The minimum atomic E-state index is -0.762. The van der Waals surface area contributed by atoms with Gasteiger partial charge in [0.05, 0.1) is 18.9 Å². The molecule has 2 heterocycles. The van der Waals surface area contributed by atoms with Crippen LogP contribution in [-0.4, -0.2) is 53.5 Å². The lowest BCUT2D eigenvalue weighted by Gasteiger charge is -2.27. The van der Waals surface area contributed by atoms with Crippen molar-refractivity contribution in [1.82, 2.24) is 0 Å². The van der Waals surface area contributed by atoms with Crippen LogP contribution in [-0.2, 0) is 23.8 Å². The average molecular weight is 282 g/mol. The number of hydrogen-bond acceptors (Lipinski definition) is 6. The topological polar surface area (TPSA) is 82.1 Å². The molecule has 6 heteroatoms. The summed E-state index contributed by atoms with van der Waals surface area (Å²) in [5.41, 5.74) is 0. The lowest BCUT2D eigenvalue weighted by atomic mass is 9.86. The van der Waals surface area contributed by atoms with E-state index in [1.54, 1.807) is 19.9 Å². The standard InChI is InChI=1S/C14H18O6/c1-14(2)19-12-10(6-15)18-11(13(12)20-14)8-4-3-7(16)5-9(8)17/h3-4,8,10-13,15H,5-6H2,1-2H3/t8?,10-,11+,12?,13-/m1/s1. The molecule has 2 fully saturated rings. The highest BCUT2D eigenvalue weighted by atomic mass is 16.8. The minimum absolute atomic E-state index is 0.105.